The minimum Gasteiger partial charge on any atom is -0.494 e. The van der Waals surface area contributed by atoms with Gasteiger partial charge in [0.1, 0.15) is 11.6 Å². The maximum absolute atomic E-state index is 13.9. The number of aromatic nitrogens is 3. The van der Waals surface area contributed by atoms with Crippen molar-refractivity contribution in [1.82, 2.24) is 14.8 Å². The second kappa shape index (κ2) is 8.79. The molecule has 0 fully saturated rings. The summed E-state index contributed by atoms with van der Waals surface area (Å²) in [6.45, 7) is 4.62. The molecule has 0 saturated heterocycles. The molecule has 0 unspecified atom stereocenters. The summed E-state index contributed by atoms with van der Waals surface area (Å²) in [6, 6.07) is 12.2. The lowest BCUT2D eigenvalue weighted by atomic mass is 10.2. The Bertz CT molecular complexity index is 1030. The molecule has 0 aliphatic heterocycles. The average molecular weight is 400 g/mol. The molecule has 6 nitrogen and oxygen atoms in total. The largest absolute Gasteiger partial charge is 0.494 e. The second-order valence-electron chi connectivity index (χ2n) is 6.24. The molecule has 1 aromatic heterocycles. The van der Waals surface area contributed by atoms with Crippen LogP contribution in [0.4, 0.5) is 10.1 Å². The normalized spacial score (nSPS) is 10.7. The van der Waals surface area contributed by atoms with Crippen LogP contribution in [0.1, 0.15) is 18.9 Å². The van der Waals surface area contributed by atoms with Crippen LogP contribution in [0.5, 0.6) is 5.75 Å². The molecule has 3 rings (SSSR count). The topological polar surface area (TPSA) is 71.9 Å². The van der Waals surface area contributed by atoms with Crippen molar-refractivity contribution >= 4 is 23.8 Å². The predicted molar refractivity (Wildman–Crippen MR) is 108 cm³/mol. The molecule has 0 radical (unpaired) electrons. The van der Waals surface area contributed by atoms with Gasteiger partial charge in [-0.15, -0.1) is 0 Å². The minimum absolute atomic E-state index is 0.130. The van der Waals surface area contributed by atoms with E-state index < -0.39 is 5.82 Å². The maximum atomic E-state index is 13.9. The number of H-pyrrole nitrogens is 1. The van der Waals surface area contributed by atoms with Gasteiger partial charge >= 0.3 is 0 Å². The highest BCUT2D eigenvalue weighted by atomic mass is 32.1. The summed E-state index contributed by atoms with van der Waals surface area (Å²) >= 11 is 5.29. The lowest BCUT2D eigenvalue weighted by Gasteiger charge is -2.09. The number of benzene rings is 2. The molecule has 0 aliphatic carbocycles. The van der Waals surface area contributed by atoms with Crippen molar-refractivity contribution in [3.63, 3.8) is 0 Å². The number of hydrogen-bond donors (Lipinski definition) is 2. The molecule has 0 bridgehead atoms. The number of halogens is 1. The number of anilines is 1. The molecule has 0 aliphatic rings. The maximum Gasteiger partial charge on any atom is 0.226 e. The van der Waals surface area contributed by atoms with E-state index in [4.69, 9.17) is 17.0 Å². The van der Waals surface area contributed by atoms with Crippen LogP contribution in [0.15, 0.2) is 42.5 Å². The summed E-state index contributed by atoms with van der Waals surface area (Å²) in [5, 5.41) is 9.61. The first-order chi connectivity index (χ1) is 13.5. The zero-order valence-electron chi connectivity index (χ0n) is 15.7. The highest BCUT2D eigenvalue weighted by molar-refractivity contribution is 7.71. The number of aryl methyl sites for hydroxylation is 1. The fourth-order valence-electron chi connectivity index (χ4n) is 2.76. The molecular formula is C20H21FN4O2S. The Morgan fingerprint density at radius 2 is 2.04 bits per heavy atom. The van der Waals surface area contributed by atoms with Crippen LogP contribution in [0.2, 0.25) is 0 Å². The molecule has 146 valence electrons. The second-order valence-corrected chi connectivity index (χ2v) is 6.63. The molecule has 0 spiro atoms. The smallest absolute Gasteiger partial charge is 0.226 e. The first-order valence-corrected chi connectivity index (χ1v) is 9.33. The third kappa shape index (κ3) is 4.64. The average Bonchev–Trinajstić information content (AvgIpc) is 3.04. The van der Waals surface area contributed by atoms with Crippen molar-refractivity contribution in [3.8, 4) is 17.1 Å². The van der Waals surface area contributed by atoms with Gasteiger partial charge in [0.2, 0.25) is 5.91 Å². The van der Waals surface area contributed by atoms with Crippen molar-refractivity contribution in [3.05, 3.63) is 58.6 Å². The third-order valence-electron chi connectivity index (χ3n) is 4.14. The van der Waals surface area contributed by atoms with E-state index in [1.165, 1.54) is 6.07 Å². The highest BCUT2D eigenvalue weighted by Gasteiger charge is 2.12. The number of carbonyl (C=O) groups is 1. The fraction of sp³-hybridized carbons (Fsp3) is 0.250. The van der Waals surface area contributed by atoms with E-state index in [2.05, 4.69) is 15.5 Å². The molecule has 0 saturated carbocycles. The van der Waals surface area contributed by atoms with Crippen molar-refractivity contribution in [2.75, 3.05) is 11.9 Å². The Balaban J connectivity index is 1.70. The summed E-state index contributed by atoms with van der Waals surface area (Å²) in [5.74, 6) is 0.639. The summed E-state index contributed by atoms with van der Waals surface area (Å²) in [5.41, 5.74) is 1.80. The summed E-state index contributed by atoms with van der Waals surface area (Å²) < 4.78 is 21.5. The van der Waals surface area contributed by atoms with Gasteiger partial charge in [-0.1, -0.05) is 6.07 Å². The quantitative estimate of drug-likeness (QED) is 0.574. The van der Waals surface area contributed by atoms with E-state index in [1.54, 1.807) is 23.6 Å². The van der Waals surface area contributed by atoms with Crippen LogP contribution in [0, 0.1) is 17.5 Å². The lowest BCUT2D eigenvalue weighted by Crippen LogP contribution is -2.16. The number of rotatable bonds is 7. The number of ether oxygens (including phenoxy) is 1. The van der Waals surface area contributed by atoms with Gasteiger partial charge in [0.25, 0.3) is 0 Å². The standard InChI is InChI=1S/C20H21FN4O2S/c1-3-27-15-7-5-14(6-8-15)19-23-24-20(28)25(19)11-10-18(26)22-17-9-4-13(2)12-16(17)21/h4-9,12H,3,10-11H2,1-2H3,(H,22,26)(H,24,28). The van der Waals surface area contributed by atoms with Crippen LogP contribution < -0.4 is 10.1 Å². The fourth-order valence-corrected chi connectivity index (χ4v) is 2.98. The number of amides is 1. The van der Waals surface area contributed by atoms with Gasteiger partial charge in [-0.05, 0) is 68.0 Å². The molecule has 1 heterocycles. The molecule has 2 aromatic carbocycles. The third-order valence-corrected chi connectivity index (χ3v) is 4.45. The van der Waals surface area contributed by atoms with E-state index in [0.29, 0.717) is 23.7 Å². The summed E-state index contributed by atoms with van der Waals surface area (Å²) in [7, 11) is 0. The Labute approximate surface area is 167 Å². The minimum atomic E-state index is -0.455. The predicted octanol–water partition coefficient (Wildman–Crippen LogP) is 4.48. The SMILES string of the molecule is CCOc1ccc(-c2n[nH]c(=S)n2CCC(=O)Nc2ccc(C)cc2F)cc1. The molecule has 0 atom stereocenters. The number of nitrogens with one attached hydrogen (secondary N) is 2. The number of nitrogens with zero attached hydrogens (tertiary/aromatic N) is 2. The van der Waals surface area contributed by atoms with Gasteiger partial charge in [-0.25, -0.2) is 4.39 Å². The van der Waals surface area contributed by atoms with Gasteiger partial charge < -0.3 is 10.1 Å². The molecule has 1 amide bonds. The van der Waals surface area contributed by atoms with Gasteiger partial charge in [0, 0.05) is 18.5 Å². The van der Waals surface area contributed by atoms with Crippen molar-refractivity contribution in [1.29, 1.82) is 0 Å². The summed E-state index contributed by atoms with van der Waals surface area (Å²) in [4.78, 5) is 12.2. The van der Waals surface area contributed by atoms with Crippen molar-refractivity contribution in [2.24, 2.45) is 0 Å². The molecule has 2 N–H and O–H groups in total. The van der Waals surface area contributed by atoms with Crippen LogP contribution in [0.3, 0.4) is 0 Å². The molecule has 28 heavy (non-hydrogen) atoms. The van der Waals surface area contributed by atoms with E-state index in [1.807, 2.05) is 31.2 Å². The van der Waals surface area contributed by atoms with Gasteiger partial charge in [0.05, 0.1) is 12.3 Å². The van der Waals surface area contributed by atoms with Crippen LogP contribution in [0.25, 0.3) is 11.4 Å². The Morgan fingerprint density at radius 3 is 2.71 bits per heavy atom. The summed E-state index contributed by atoms with van der Waals surface area (Å²) in [6.07, 6.45) is 0.130. The van der Waals surface area contributed by atoms with E-state index in [9.17, 15) is 9.18 Å². The van der Waals surface area contributed by atoms with E-state index in [0.717, 1.165) is 16.9 Å². The van der Waals surface area contributed by atoms with Crippen molar-refractivity contribution < 1.29 is 13.9 Å². The van der Waals surface area contributed by atoms with Crippen LogP contribution in [-0.4, -0.2) is 27.3 Å². The molecule has 8 heteroatoms. The monoisotopic (exact) mass is 400 g/mol. The Hall–Kier alpha value is -3.00. The van der Waals surface area contributed by atoms with E-state index >= 15 is 0 Å². The van der Waals surface area contributed by atoms with Crippen LogP contribution in [-0.2, 0) is 11.3 Å². The Morgan fingerprint density at radius 1 is 1.29 bits per heavy atom. The molecular weight excluding hydrogens is 379 g/mol. The number of aromatic amines is 1. The number of hydrogen-bond acceptors (Lipinski definition) is 4. The zero-order valence-corrected chi connectivity index (χ0v) is 16.5. The lowest BCUT2D eigenvalue weighted by molar-refractivity contribution is -0.116. The Kier molecular flexibility index (Phi) is 6.20. The first kappa shape index (κ1) is 19.8. The highest BCUT2D eigenvalue weighted by Crippen LogP contribution is 2.22. The van der Waals surface area contributed by atoms with Crippen molar-refractivity contribution in [2.45, 2.75) is 26.8 Å². The van der Waals surface area contributed by atoms with Gasteiger partial charge in [-0.2, -0.15) is 5.10 Å². The van der Waals surface area contributed by atoms with Crippen LogP contribution >= 0.6 is 12.2 Å². The van der Waals surface area contributed by atoms with E-state index in [-0.39, 0.29) is 18.0 Å². The first-order valence-electron chi connectivity index (χ1n) is 8.92. The van der Waals surface area contributed by atoms with Gasteiger partial charge in [-0.3, -0.25) is 14.5 Å². The van der Waals surface area contributed by atoms with Gasteiger partial charge in [0.15, 0.2) is 10.6 Å². The molecule has 3 aromatic rings. The zero-order chi connectivity index (χ0) is 20.1. The number of carbonyl (C=O) groups excluding carboxylic acids is 1.